The second-order valence-electron chi connectivity index (χ2n) is 4.32. The van der Waals surface area contributed by atoms with Crippen molar-refractivity contribution in [3.8, 4) is 11.8 Å². The summed E-state index contributed by atoms with van der Waals surface area (Å²) >= 11 is 0. The van der Waals surface area contributed by atoms with Gasteiger partial charge in [0.2, 0.25) is 0 Å². The molecular weight excluding hydrogens is 273 g/mol. The maximum atomic E-state index is 13.2. The van der Waals surface area contributed by atoms with E-state index in [9.17, 15) is 4.39 Å². The van der Waals surface area contributed by atoms with E-state index in [1.54, 1.807) is 13.2 Å². The molecule has 2 N–H and O–H groups in total. The summed E-state index contributed by atoms with van der Waals surface area (Å²) in [6.07, 6.45) is 0.868. The molecule has 21 heavy (non-hydrogen) atoms. The molecule has 1 aromatic rings. The van der Waals surface area contributed by atoms with Gasteiger partial charge < -0.3 is 19.9 Å². The molecule has 4 nitrogen and oxygen atoms in total. The molecule has 0 heterocycles. The third-order valence-corrected chi connectivity index (χ3v) is 2.66. The maximum Gasteiger partial charge on any atom is 0.124 e. The summed E-state index contributed by atoms with van der Waals surface area (Å²) in [5.41, 5.74) is 6.79. The lowest BCUT2D eigenvalue weighted by Crippen LogP contribution is -2.07. The van der Waals surface area contributed by atoms with Crippen molar-refractivity contribution in [2.45, 2.75) is 13.0 Å². The molecule has 0 bridgehead atoms. The van der Waals surface area contributed by atoms with Gasteiger partial charge >= 0.3 is 0 Å². The van der Waals surface area contributed by atoms with Gasteiger partial charge in [-0.05, 0) is 24.1 Å². The SMILES string of the molecule is COCCCOCCOCc1ccc(F)cc1C#CCN. The Balaban J connectivity index is 2.31. The number of methoxy groups -OCH3 is 1. The van der Waals surface area contributed by atoms with Gasteiger partial charge in [0.15, 0.2) is 0 Å². The van der Waals surface area contributed by atoms with Gasteiger partial charge in [-0.3, -0.25) is 0 Å². The summed E-state index contributed by atoms with van der Waals surface area (Å²) in [6, 6.07) is 4.46. The summed E-state index contributed by atoms with van der Waals surface area (Å²) in [5.74, 6) is 5.25. The lowest BCUT2D eigenvalue weighted by atomic mass is 10.1. The minimum atomic E-state index is -0.318. The summed E-state index contributed by atoms with van der Waals surface area (Å²) in [4.78, 5) is 0. The van der Waals surface area contributed by atoms with E-state index in [0.717, 1.165) is 12.0 Å². The average Bonchev–Trinajstić information content (AvgIpc) is 2.49. The lowest BCUT2D eigenvalue weighted by Gasteiger charge is -2.07. The van der Waals surface area contributed by atoms with Crippen molar-refractivity contribution >= 4 is 0 Å². The molecule has 0 aliphatic heterocycles. The molecule has 0 saturated carbocycles. The number of halogens is 1. The largest absolute Gasteiger partial charge is 0.385 e. The number of ether oxygens (including phenoxy) is 3. The number of nitrogens with two attached hydrogens (primary N) is 1. The van der Waals surface area contributed by atoms with Crippen LogP contribution in [0.25, 0.3) is 0 Å². The number of rotatable bonds is 9. The van der Waals surface area contributed by atoms with E-state index >= 15 is 0 Å². The molecule has 0 aromatic heterocycles. The summed E-state index contributed by atoms with van der Waals surface area (Å²) in [5, 5.41) is 0. The third-order valence-electron chi connectivity index (χ3n) is 2.66. The molecular formula is C16H22FNO3. The zero-order chi connectivity index (χ0) is 15.3. The Kier molecular flexibility index (Phi) is 9.42. The Morgan fingerprint density at radius 3 is 2.71 bits per heavy atom. The Hall–Kier alpha value is -1.45. The standard InChI is InChI=1S/C16H22FNO3/c1-19-8-3-9-20-10-11-21-13-15-5-6-16(17)12-14(15)4-2-7-18/h5-6,12H,3,7-11,13,18H2,1H3. The Morgan fingerprint density at radius 2 is 1.95 bits per heavy atom. The van der Waals surface area contributed by atoms with Gasteiger partial charge in [0, 0.05) is 25.9 Å². The van der Waals surface area contributed by atoms with Crippen LogP contribution in [0.1, 0.15) is 17.5 Å². The van der Waals surface area contributed by atoms with E-state index in [4.69, 9.17) is 19.9 Å². The van der Waals surface area contributed by atoms with Crippen molar-refractivity contribution in [2.24, 2.45) is 5.73 Å². The van der Waals surface area contributed by atoms with Crippen molar-refractivity contribution in [1.29, 1.82) is 0 Å². The monoisotopic (exact) mass is 295 g/mol. The molecule has 0 spiro atoms. The van der Waals surface area contributed by atoms with E-state index in [2.05, 4.69) is 11.8 Å². The number of hydrogen-bond acceptors (Lipinski definition) is 4. The second-order valence-corrected chi connectivity index (χ2v) is 4.32. The average molecular weight is 295 g/mol. The van der Waals surface area contributed by atoms with Crippen LogP contribution in [-0.2, 0) is 20.8 Å². The highest BCUT2D eigenvalue weighted by molar-refractivity contribution is 5.41. The van der Waals surface area contributed by atoms with E-state index in [1.165, 1.54) is 12.1 Å². The molecule has 5 heteroatoms. The lowest BCUT2D eigenvalue weighted by molar-refractivity contribution is 0.0336. The smallest absolute Gasteiger partial charge is 0.124 e. The summed E-state index contributed by atoms with van der Waals surface area (Å²) < 4.78 is 29.0. The van der Waals surface area contributed by atoms with Gasteiger partial charge in [0.25, 0.3) is 0 Å². The van der Waals surface area contributed by atoms with Crippen molar-refractivity contribution < 1.29 is 18.6 Å². The van der Waals surface area contributed by atoms with Crippen LogP contribution in [0.5, 0.6) is 0 Å². The van der Waals surface area contributed by atoms with Crippen LogP contribution in [0.2, 0.25) is 0 Å². The first kappa shape index (κ1) is 17.6. The van der Waals surface area contributed by atoms with Gasteiger partial charge in [-0.2, -0.15) is 0 Å². The van der Waals surface area contributed by atoms with E-state index in [0.29, 0.717) is 38.6 Å². The fraction of sp³-hybridized carbons (Fsp3) is 0.500. The predicted octanol–water partition coefficient (Wildman–Crippen LogP) is 1.71. The first-order valence-corrected chi connectivity index (χ1v) is 6.89. The normalized spacial score (nSPS) is 10.2. The second kappa shape index (κ2) is 11.2. The molecule has 0 amide bonds. The molecule has 0 atom stereocenters. The summed E-state index contributed by atoms with van der Waals surface area (Å²) in [6.45, 7) is 2.96. The van der Waals surface area contributed by atoms with Crippen molar-refractivity contribution in [3.05, 3.63) is 35.1 Å². The number of benzene rings is 1. The Labute approximate surface area is 125 Å². The van der Waals surface area contributed by atoms with Crippen LogP contribution in [0.15, 0.2) is 18.2 Å². The van der Waals surface area contributed by atoms with Crippen LogP contribution >= 0.6 is 0 Å². The molecule has 0 fully saturated rings. The van der Waals surface area contributed by atoms with Crippen LogP contribution in [0, 0.1) is 17.7 Å². The fourth-order valence-corrected chi connectivity index (χ4v) is 1.64. The van der Waals surface area contributed by atoms with Crippen molar-refractivity contribution in [2.75, 3.05) is 40.1 Å². The van der Waals surface area contributed by atoms with Gasteiger partial charge in [-0.15, -0.1) is 0 Å². The Bertz CT molecular complexity index is 468. The summed E-state index contributed by atoms with van der Waals surface area (Å²) in [7, 11) is 1.66. The molecule has 1 rings (SSSR count). The minimum absolute atomic E-state index is 0.242. The predicted molar refractivity (Wildman–Crippen MR) is 79.3 cm³/mol. The van der Waals surface area contributed by atoms with E-state index < -0.39 is 0 Å². The maximum absolute atomic E-state index is 13.2. The zero-order valence-corrected chi connectivity index (χ0v) is 12.4. The van der Waals surface area contributed by atoms with Crippen LogP contribution in [0.4, 0.5) is 4.39 Å². The van der Waals surface area contributed by atoms with Gasteiger partial charge in [-0.1, -0.05) is 17.9 Å². The first-order valence-electron chi connectivity index (χ1n) is 6.89. The van der Waals surface area contributed by atoms with Crippen molar-refractivity contribution in [1.82, 2.24) is 0 Å². The highest BCUT2D eigenvalue weighted by Gasteiger charge is 2.02. The topological polar surface area (TPSA) is 53.7 Å². The molecule has 1 aromatic carbocycles. The highest BCUT2D eigenvalue weighted by atomic mass is 19.1. The molecule has 0 aliphatic carbocycles. The molecule has 0 radical (unpaired) electrons. The van der Waals surface area contributed by atoms with Crippen molar-refractivity contribution in [3.63, 3.8) is 0 Å². The van der Waals surface area contributed by atoms with E-state index in [-0.39, 0.29) is 12.4 Å². The van der Waals surface area contributed by atoms with E-state index in [1.807, 2.05) is 0 Å². The van der Waals surface area contributed by atoms with Crippen LogP contribution in [-0.4, -0.2) is 40.1 Å². The molecule has 0 aliphatic rings. The number of hydrogen-bond donors (Lipinski definition) is 1. The quantitative estimate of drug-likeness (QED) is 0.556. The van der Waals surface area contributed by atoms with Gasteiger partial charge in [0.1, 0.15) is 5.82 Å². The van der Waals surface area contributed by atoms with Crippen LogP contribution < -0.4 is 5.73 Å². The van der Waals surface area contributed by atoms with Gasteiger partial charge in [0.05, 0.1) is 26.4 Å². The zero-order valence-electron chi connectivity index (χ0n) is 12.4. The molecule has 0 unspecified atom stereocenters. The molecule has 116 valence electrons. The third kappa shape index (κ3) is 7.78. The highest BCUT2D eigenvalue weighted by Crippen LogP contribution is 2.11. The molecule has 0 saturated heterocycles. The minimum Gasteiger partial charge on any atom is -0.385 e. The Morgan fingerprint density at radius 1 is 1.14 bits per heavy atom. The van der Waals surface area contributed by atoms with Gasteiger partial charge in [-0.25, -0.2) is 4.39 Å². The fourth-order valence-electron chi connectivity index (χ4n) is 1.64. The first-order chi connectivity index (χ1) is 10.3. The van der Waals surface area contributed by atoms with Crippen LogP contribution in [0.3, 0.4) is 0 Å².